The summed E-state index contributed by atoms with van der Waals surface area (Å²) in [5.74, 6) is -0.296. The lowest BCUT2D eigenvalue weighted by atomic mass is 10.2. The zero-order valence-corrected chi connectivity index (χ0v) is 11.4. The van der Waals surface area contributed by atoms with Crippen LogP contribution in [0.2, 0.25) is 10.0 Å². The molecule has 0 unspecified atom stereocenters. The minimum absolute atomic E-state index is 0.296. The molecule has 0 aliphatic carbocycles. The summed E-state index contributed by atoms with van der Waals surface area (Å²) >= 11 is 12.1. The lowest BCUT2D eigenvalue weighted by Crippen LogP contribution is -2.13. The van der Waals surface area contributed by atoms with Crippen molar-refractivity contribution < 1.29 is 4.79 Å². The third-order valence-electron chi connectivity index (χ3n) is 2.60. The van der Waals surface area contributed by atoms with Gasteiger partial charge in [-0.15, -0.1) is 0 Å². The number of benzene rings is 1. The molecule has 0 spiro atoms. The minimum Gasteiger partial charge on any atom is -0.319 e. The highest BCUT2D eigenvalue weighted by Crippen LogP contribution is 2.33. The molecule has 6 heteroatoms. The monoisotopic (exact) mass is 283 g/mol. The molecule has 2 aromatic rings. The van der Waals surface area contributed by atoms with Gasteiger partial charge in [0.2, 0.25) is 0 Å². The molecule has 0 saturated carbocycles. The van der Waals surface area contributed by atoms with Crippen LogP contribution in [0.1, 0.15) is 21.6 Å². The van der Waals surface area contributed by atoms with Gasteiger partial charge in [-0.2, -0.15) is 5.10 Å². The van der Waals surface area contributed by atoms with Crippen LogP contribution in [0.4, 0.5) is 5.69 Å². The number of aromatic nitrogens is 2. The van der Waals surface area contributed by atoms with Crippen LogP contribution in [0.15, 0.2) is 18.3 Å². The lowest BCUT2D eigenvalue weighted by Gasteiger charge is -2.10. The number of aryl methyl sites for hydroxylation is 2. The molecular weight excluding hydrogens is 273 g/mol. The van der Waals surface area contributed by atoms with Gasteiger partial charge < -0.3 is 5.32 Å². The van der Waals surface area contributed by atoms with Crippen LogP contribution in [0.25, 0.3) is 0 Å². The normalized spacial score (nSPS) is 10.4. The molecule has 18 heavy (non-hydrogen) atoms. The first-order chi connectivity index (χ1) is 8.50. The summed E-state index contributed by atoms with van der Waals surface area (Å²) in [6.07, 6.45) is 1.46. The maximum atomic E-state index is 12.0. The molecular formula is C12H11Cl2N3O. The molecule has 1 amide bonds. The van der Waals surface area contributed by atoms with Gasteiger partial charge in [-0.05, 0) is 25.5 Å². The Labute approximate surface area is 114 Å². The molecule has 1 aromatic carbocycles. The van der Waals surface area contributed by atoms with Crippen molar-refractivity contribution in [3.63, 3.8) is 0 Å². The second-order valence-electron chi connectivity index (χ2n) is 3.92. The van der Waals surface area contributed by atoms with E-state index < -0.39 is 0 Å². The van der Waals surface area contributed by atoms with E-state index in [1.165, 1.54) is 6.20 Å². The first kappa shape index (κ1) is 12.9. The van der Waals surface area contributed by atoms with E-state index in [1.807, 2.05) is 6.92 Å². The second kappa shape index (κ2) is 5.00. The van der Waals surface area contributed by atoms with Gasteiger partial charge >= 0.3 is 0 Å². The zero-order valence-electron chi connectivity index (χ0n) is 9.84. The van der Waals surface area contributed by atoms with Crippen LogP contribution in [0.3, 0.4) is 0 Å². The van der Waals surface area contributed by atoms with Crippen molar-refractivity contribution in [2.24, 2.45) is 0 Å². The van der Waals surface area contributed by atoms with Gasteiger partial charge in [0.1, 0.15) is 0 Å². The quantitative estimate of drug-likeness (QED) is 0.885. The van der Waals surface area contributed by atoms with Gasteiger partial charge in [0.05, 0.1) is 27.5 Å². The standard InChI is InChI=1S/C12H11Cl2N3O/c1-6-3-4-9(13)11(10(6)14)16-12(18)8-5-15-17-7(8)2/h3-5H,1-2H3,(H,15,17)(H,16,18). The molecule has 0 aliphatic heterocycles. The fourth-order valence-corrected chi connectivity index (χ4v) is 2.00. The Bertz CT molecular complexity index is 607. The van der Waals surface area contributed by atoms with Gasteiger partial charge in [-0.25, -0.2) is 0 Å². The van der Waals surface area contributed by atoms with Crippen LogP contribution in [0.5, 0.6) is 0 Å². The average molecular weight is 284 g/mol. The SMILES string of the molecule is Cc1ccc(Cl)c(NC(=O)c2cn[nH]c2C)c1Cl. The van der Waals surface area contributed by atoms with Gasteiger partial charge in [-0.3, -0.25) is 9.89 Å². The van der Waals surface area contributed by atoms with Crippen LogP contribution in [-0.4, -0.2) is 16.1 Å². The number of rotatable bonds is 2. The molecule has 0 fully saturated rings. The molecule has 1 aromatic heterocycles. The van der Waals surface area contributed by atoms with E-state index in [0.29, 0.717) is 27.0 Å². The van der Waals surface area contributed by atoms with Crippen molar-refractivity contribution in [3.05, 3.63) is 45.2 Å². The first-order valence-corrected chi connectivity index (χ1v) is 6.02. The van der Waals surface area contributed by atoms with Crippen LogP contribution in [0, 0.1) is 13.8 Å². The number of nitrogens with zero attached hydrogens (tertiary/aromatic N) is 1. The number of hydrogen-bond acceptors (Lipinski definition) is 2. The Kier molecular flexibility index (Phi) is 3.59. The van der Waals surface area contributed by atoms with Gasteiger partial charge in [0, 0.05) is 5.69 Å². The number of aromatic amines is 1. The molecule has 0 bridgehead atoms. The molecule has 0 aliphatic rings. The number of nitrogens with one attached hydrogen (secondary N) is 2. The largest absolute Gasteiger partial charge is 0.319 e. The van der Waals surface area contributed by atoms with E-state index in [1.54, 1.807) is 19.1 Å². The lowest BCUT2D eigenvalue weighted by molar-refractivity contribution is 0.102. The summed E-state index contributed by atoms with van der Waals surface area (Å²) in [7, 11) is 0. The number of hydrogen-bond donors (Lipinski definition) is 2. The Hall–Kier alpha value is -1.52. The molecule has 2 rings (SSSR count). The predicted molar refractivity (Wildman–Crippen MR) is 72.5 cm³/mol. The summed E-state index contributed by atoms with van der Waals surface area (Å²) in [6, 6.07) is 3.49. The molecule has 1 heterocycles. The Morgan fingerprint density at radius 2 is 2.06 bits per heavy atom. The van der Waals surface area contributed by atoms with Gasteiger partial charge in [0.15, 0.2) is 0 Å². The van der Waals surface area contributed by atoms with E-state index in [4.69, 9.17) is 23.2 Å². The number of H-pyrrole nitrogens is 1. The van der Waals surface area contributed by atoms with Crippen molar-refractivity contribution in [1.29, 1.82) is 0 Å². The fourth-order valence-electron chi connectivity index (χ4n) is 1.53. The number of anilines is 1. The van der Waals surface area contributed by atoms with Crippen LogP contribution in [-0.2, 0) is 0 Å². The van der Waals surface area contributed by atoms with E-state index in [0.717, 1.165) is 5.56 Å². The molecule has 0 radical (unpaired) electrons. The average Bonchev–Trinajstić information content (AvgIpc) is 2.76. The van der Waals surface area contributed by atoms with E-state index in [-0.39, 0.29) is 5.91 Å². The van der Waals surface area contributed by atoms with Gasteiger partial charge in [-0.1, -0.05) is 29.3 Å². The highest BCUT2D eigenvalue weighted by molar-refractivity contribution is 6.40. The van der Waals surface area contributed by atoms with Crippen LogP contribution >= 0.6 is 23.2 Å². The van der Waals surface area contributed by atoms with Crippen molar-refractivity contribution in [1.82, 2.24) is 10.2 Å². The zero-order chi connectivity index (χ0) is 13.3. The number of carbonyl (C=O) groups excluding carboxylic acids is 1. The third-order valence-corrected chi connectivity index (χ3v) is 3.40. The smallest absolute Gasteiger partial charge is 0.259 e. The Morgan fingerprint density at radius 1 is 1.33 bits per heavy atom. The summed E-state index contributed by atoms with van der Waals surface area (Å²) < 4.78 is 0. The molecule has 4 nitrogen and oxygen atoms in total. The highest BCUT2D eigenvalue weighted by atomic mass is 35.5. The Morgan fingerprint density at radius 3 is 2.67 bits per heavy atom. The molecule has 94 valence electrons. The Balaban J connectivity index is 2.33. The number of halogens is 2. The van der Waals surface area contributed by atoms with Crippen molar-refractivity contribution >= 4 is 34.8 Å². The van der Waals surface area contributed by atoms with E-state index >= 15 is 0 Å². The number of carbonyl (C=O) groups is 1. The van der Waals surface area contributed by atoms with Gasteiger partial charge in [0.25, 0.3) is 5.91 Å². The second-order valence-corrected chi connectivity index (χ2v) is 4.70. The minimum atomic E-state index is -0.296. The molecule has 0 saturated heterocycles. The summed E-state index contributed by atoms with van der Waals surface area (Å²) in [4.78, 5) is 12.0. The topological polar surface area (TPSA) is 57.8 Å². The molecule has 0 atom stereocenters. The first-order valence-electron chi connectivity index (χ1n) is 5.26. The van der Waals surface area contributed by atoms with E-state index in [2.05, 4.69) is 15.5 Å². The number of amides is 1. The summed E-state index contributed by atoms with van der Waals surface area (Å²) in [6.45, 7) is 3.61. The van der Waals surface area contributed by atoms with E-state index in [9.17, 15) is 4.79 Å². The third kappa shape index (κ3) is 2.35. The van der Waals surface area contributed by atoms with Crippen molar-refractivity contribution in [3.8, 4) is 0 Å². The maximum Gasteiger partial charge on any atom is 0.259 e. The van der Waals surface area contributed by atoms with Crippen molar-refractivity contribution in [2.75, 3.05) is 5.32 Å². The van der Waals surface area contributed by atoms with Crippen LogP contribution < -0.4 is 5.32 Å². The van der Waals surface area contributed by atoms with Crippen molar-refractivity contribution in [2.45, 2.75) is 13.8 Å². The maximum absolute atomic E-state index is 12.0. The fraction of sp³-hybridized carbons (Fsp3) is 0.167. The summed E-state index contributed by atoms with van der Waals surface area (Å²) in [5, 5.41) is 10.0. The predicted octanol–water partition coefficient (Wildman–Crippen LogP) is 3.59. The highest BCUT2D eigenvalue weighted by Gasteiger charge is 2.15. The summed E-state index contributed by atoms with van der Waals surface area (Å²) in [5.41, 5.74) is 2.42. The molecule has 2 N–H and O–H groups in total.